The minimum atomic E-state index is -0.117. The van der Waals surface area contributed by atoms with Crippen molar-refractivity contribution < 1.29 is 9.59 Å². The third-order valence-corrected chi connectivity index (χ3v) is 2.42. The van der Waals surface area contributed by atoms with E-state index in [4.69, 9.17) is 11.1 Å². The lowest BCUT2D eigenvalue weighted by Gasteiger charge is -2.12. The number of rotatable bonds is 3. The number of nitrogens with one attached hydrogen (secondary N) is 1. The van der Waals surface area contributed by atoms with Crippen molar-refractivity contribution in [1.29, 1.82) is 5.41 Å². The summed E-state index contributed by atoms with van der Waals surface area (Å²) in [6.45, 7) is 0.363. The number of carbonyl (C=O) groups excluding carboxylic acids is 2. The van der Waals surface area contributed by atoms with Crippen LogP contribution in [0.4, 0.5) is 0 Å². The van der Waals surface area contributed by atoms with E-state index in [1.54, 1.807) is 0 Å². The lowest BCUT2D eigenvalue weighted by molar-refractivity contribution is -0.137. The molecule has 0 bridgehead atoms. The molecule has 13 heavy (non-hydrogen) atoms. The number of likely N-dealkylation sites (tertiary alicyclic amines) is 1. The summed E-state index contributed by atoms with van der Waals surface area (Å²) < 4.78 is 0. The van der Waals surface area contributed by atoms with Crippen LogP contribution in [0.3, 0.4) is 0 Å². The van der Waals surface area contributed by atoms with E-state index in [2.05, 4.69) is 0 Å². The second-order valence-electron chi connectivity index (χ2n) is 2.65. The number of hydrogen-bond donors (Lipinski definition) is 2. The predicted molar refractivity (Wildman–Crippen MR) is 50.3 cm³/mol. The smallest absolute Gasteiger partial charge is 0.229 e. The first-order chi connectivity index (χ1) is 6.11. The number of amidine groups is 1. The van der Waals surface area contributed by atoms with E-state index < -0.39 is 0 Å². The zero-order chi connectivity index (χ0) is 9.84. The molecule has 0 aromatic heterocycles. The monoisotopic (exact) mass is 201 g/mol. The number of carbonyl (C=O) groups is 2. The largest absolute Gasteiger partial charge is 0.379 e. The van der Waals surface area contributed by atoms with Crippen LogP contribution >= 0.6 is 11.8 Å². The average Bonchev–Trinajstić information content (AvgIpc) is 2.34. The van der Waals surface area contributed by atoms with E-state index in [-0.39, 0.29) is 17.0 Å². The SMILES string of the molecule is N=C(N)SCCN1C(=O)CCC1=O. The third-order valence-electron chi connectivity index (χ3n) is 1.73. The molecule has 3 N–H and O–H groups in total. The van der Waals surface area contributed by atoms with Gasteiger partial charge in [0.15, 0.2) is 5.17 Å². The highest BCUT2D eigenvalue weighted by Crippen LogP contribution is 2.12. The summed E-state index contributed by atoms with van der Waals surface area (Å²) >= 11 is 1.14. The summed E-state index contributed by atoms with van der Waals surface area (Å²) in [5.74, 6) is 0.274. The fourth-order valence-corrected chi connectivity index (χ4v) is 1.61. The van der Waals surface area contributed by atoms with Crippen LogP contribution in [0, 0.1) is 5.41 Å². The lowest BCUT2D eigenvalue weighted by atomic mass is 10.4. The van der Waals surface area contributed by atoms with Gasteiger partial charge in [0.2, 0.25) is 11.8 Å². The quantitative estimate of drug-likeness (QED) is 0.375. The molecule has 0 radical (unpaired) electrons. The topological polar surface area (TPSA) is 87.2 Å². The van der Waals surface area contributed by atoms with Gasteiger partial charge in [0, 0.05) is 25.1 Å². The zero-order valence-corrected chi connectivity index (χ0v) is 7.89. The number of nitrogens with two attached hydrogens (primary N) is 1. The molecule has 6 heteroatoms. The second-order valence-corrected chi connectivity index (χ2v) is 3.79. The Bertz CT molecular complexity index is 238. The Kier molecular flexibility index (Phi) is 3.30. The first-order valence-corrected chi connectivity index (χ1v) is 4.90. The van der Waals surface area contributed by atoms with Crippen molar-refractivity contribution in [2.45, 2.75) is 12.8 Å². The first-order valence-electron chi connectivity index (χ1n) is 3.91. The van der Waals surface area contributed by atoms with Crippen LogP contribution in [0.1, 0.15) is 12.8 Å². The van der Waals surface area contributed by atoms with Crippen LogP contribution in [0.5, 0.6) is 0 Å². The molecule has 0 saturated carbocycles. The van der Waals surface area contributed by atoms with Crippen molar-refractivity contribution in [3.8, 4) is 0 Å². The molecule has 1 aliphatic heterocycles. The first kappa shape index (κ1) is 10.0. The Labute approximate surface area is 80.2 Å². The Morgan fingerprint density at radius 2 is 2.00 bits per heavy atom. The van der Waals surface area contributed by atoms with Crippen molar-refractivity contribution in [2.24, 2.45) is 5.73 Å². The van der Waals surface area contributed by atoms with Crippen LogP contribution in [0.15, 0.2) is 0 Å². The van der Waals surface area contributed by atoms with Gasteiger partial charge in [-0.1, -0.05) is 11.8 Å². The zero-order valence-electron chi connectivity index (χ0n) is 7.08. The van der Waals surface area contributed by atoms with E-state index in [9.17, 15) is 9.59 Å². The van der Waals surface area contributed by atoms with E-state index in [1.165, 1.54) is 4.90 Å². The molecule has 0 aromatic rings. The lowest BCUT2D eigenvalue weighted by Crippen LogP contribution is -2.31. The van der Waals surface area contributed by atoms with Crippen molar-refractivity contribution in [2.75, 3.05) is 12.3 Å². The number of amides is 2. The van der Waals surface area contributed by atoms with E-state index in [0.717, 1.165) is 11.8 Å². The summed E-state index contributed by atoms with van der Waals surface area (Å²) in [7, 11) is 0. The number of hydrogen-bond acceptors (Lipinski definition) is 4. The van der Waals surface area contributed by atoms with Crippen molar-refractivity contribution >= 4 is 28.7 Å². The standard InChI is InChI=1S/C7H11N3O2S/c8-7(9)13-4-3-10-5(11)1-2-6(10)12/h1-4H2,(H3,8,9). The molecule has 0 atom stereocenters. The van der Waals surface area contributed by atoms with Crippen molar-refractivity contribution in [3.05, 3.63) is 0 Å². The van der Waals surface area contributed by atoms with Gasteiger partial charge in [-0.05, 0) is 0 Å². The molecule has 5 nitrogen and oxygen atoms in total. The van der Waals surface area contributed by atoms with Gasteiger partial charge in [-0.15, -0.1) is 0 Å². The van der Waals surface area contributed by atoms with E-state index >= 15 is 0 Å². The highest BCUT2D eigenvalue weighted by atomic mass is 32.2. The summed E-state index contributed by atoms with van der Waals surface area (Å²) in [6, 6.07) is 0. The van der Waals surface area contributed by atoms with E-state index in [1.807, 2.05) is 0 Å². The van der Waals surface area contributed by atoms with Crippen LogP contribution in [-0.4, -0.2) is 34.2 Å². The van der Waals surface area contributed by atoms with Gasteiger partial charge >= 0.3 is 0 Å². The molecular formula is C7H11N3O2S. The molecule has 0 unspecified atom stereocenters. The fraction of sp³-hybridized carbons (Fsp3) is 0.571. The van der Waals surface area contributed by atoms with Crippen molar-refractivity contribution in [3.63, 3.8) is 0 Å². The normalized spacial score (nSPS) is 16.8. The van der Waals surface area contributed by atoms with Gasteiger partial charge in [-0.3, -0.25) is 19.9 Å². The molecule has 0 spiro atoms. The molecule has 1 aliphatic rings. The number of nitrogens with zero attached hydrogens (tertiary/aromatic N) is 1. The number of thioether (sulfide) groups is 1. The summed E-state index contributed by atoms with van der Waals surface area (Å²) in [5.41, 5.74) is 5.10. The molecule has 1 saturated heterocycles. The maximum absolute atomic E-state index is 11.1. The third kappa shape index (κ3) is 2.73. The molecule has 0 aliphatic carbocycles. The average molecular weight is 201 g/mol. The van der Waals surface area contributed by atoms with Crippen LogP contribution in [0.2, 0.25) is 0 Å². The molecule has 1 heterocycles. The Morgan fingerprint density at radius 3 is 2.46 bits per heavy atom. The maximum Gasteiger partial charge on any atom is 0.229 e. The molecule has 72 valence electrons. The molecule has 1 fully saturated rings. The van der Waals surface area contributed by atoms with Gasteiger partial charge in [-0.2, -0.15) is 0 Å². The Hall–Kier alpha value is -1.04. The summed E-state index contributed by atoms with van der Waals surface area (Å²) in [4.78, 5) is 23.4. The number of imide groups is 1. The minimum Gasteiger partial charge on any atom is -0.379 e. The van der Waals surface area contributed by atoms with Gasteiger partial charge in [0.1, 0.15) is 0 Å². The highest BCUT2D eigenvalue weighted by molar-refractivity contribution is 8.13. The second kappa shape index (κ2) is 4.27. The fourth-order valence-electron chi connectivity index (χ4n) is 1.12. The van der Waals surface area contributed by atoms with Crippen LogP contribution in [0.25, 0.3) is 0 Å². The highest BCUT2D eigenvalue weighted by Gasteiger charge is 2.27. The molecule has 0 aromatic carbocycles. The predicted octanol–water partition coefficient (Wildman–Crippen LogP) is -0.238. The van der Waals surface area contributed by atoms with Gasteiger partial charge in [0.25, 0.3) is 0 Å². The Morgan fingerprint density at radius 1 is 1.46 bits per heavy atom. The van der Waals surface area contributed by atoms with Gasteiger partial charge < -0.3 is 5.73 Å². The van der Waals surface area contributed by atoms with Crippen LogP contribution < -0.4 is 5.73 Å². The summed E-state index contributed by atoms with van der Waals surface area (Å²) in [6.07, 6.45) is 0.646. The van der Waals surface area contributed by atoms with Crippen molar-refractivity contribution in [1.82, 2.24) is 4.90 Å². The van der Waals surface area contributed by atoms with Gasteiger partial charge in [0.05, 0.1) is 0 Å². The minimum absolute atomic E-state index is 0.0131. The van der Waals surface area contributed by atoms with E-state index in [0.29, 0.717) is 25.1 Å². The molecule has 1 rings (SSSR count). The summed E-state index contributed by atoms with van der Waals surface area (Å²) in [5, 5.41) is 6.93. The molecule has 2 amide bonds. The van der Waals surface area contributed by atoms with Gasteiger partial charge in [-0.25, -0.2) is 0 Å². The van der Waals surface area contributed by atoms with Crippen LogP contribution in [-0.2, 0) is 9.59 Å². The Balaban J connectivity index is 2.31. The maximum atomic E-state index is 11.1. The molecular weight excluding hydrogens is 190 g/mol.